The van der Waals surface area contributed by atoms with Gasteiger partial charge in [0.1, 0.15) is 11.6 Å². The molecule has 114 valence electrons. The van der Waals surface area contributed by atoms with E-state index in [4.69, 9.17) is 4.74 Å². The number of benzene rings is 1. The summed E-state index contributed by atoms with van der Waals surface area (Å²) in [4.78, 5) is 0. The van der Waals surface area contributed by atoms with Gasteiger partial charge in [0.2, 0.25) is 0 Å². The second kappa shape index (κ2) is 8.63. The average Bonchev–Trinajstić information content (AvgIpc) is 2.43. The number of ether oxygens (including phenoxy) is 1. The Hall–Kier alpha value is -0.610. The first-order valence-electron chi connectivity index (χ1n) is 7.31. The quantitative estimate of drug-likeness (QED) is 0.709. The van der Waals surface area contributed by atoms with E-state index in [2.05, 4.69) is 42.0 Å². The van der Waals surface area contributed by atoms with Crippen molar-refractivity contribution in [1.82, 2.24) is 5.32 Å². The highest BCUT2D eigenvalue weighted by atomic mass is 79.9. The number of methoxy groups -OCH3 is 1. The van der Waals surface area contributed by atoms with Gasteiger partial charge < -0.3 is 10.1 Å². The monoisotopic (exact) mass is 345 g/mol. The molecule has 0 spiro atoms. The van der Waals surface area contributed by atoms with E-state index in [0.717, 1.165) is 31.4 Å². The molecule has 1 aromatic carbocycles. The molecule has 0 bridgehead atoms. The van der Waals surface area contributed by atoms with Crippen molar-refractivity contribution in [2.45, 2.75) is 46.1 Å². The molecule has 0 radical (unpaired) electrons. The molecular formula is C16H25BrFNO. The van der Waals surface area contributed by atoms with Crippen molar-refractivity contribution in [2.75, 3.05) is 13.7 Å². The molecule has 0 aromatic heterocycles. The fourth-order valence-electron chi connectivity index (χ4n) is 2.50. The van der Waals surface area contributed by atoms with Crippen molar-refractivity contribution in [3.63, 3.8) is 0 Å². The Morgan fingerprint density at radius 1 is 1.30 bits per heavy atom. The molecule has 0 aliphatic rings. The molecule has 2 nitrogen and oxygen atoms in total. The van der Waals surface area contributed by atoms with Crippen LogP contribution in [0.5, 0.6) is 5.75 Å². The molecule has 0 heterocycles. The summed E-state index contributed by atoms with van der Waals surface area (Å²) in [5, 5.41) is 3.57. The minimum atomic E-state index is -0.289. The molecule has 1 rings (SSSR count). The second-order valence-electron chi connectivity index (χ2n) is 5.21. The summed E-state index contributed by atoms with van der Waals surface area (Å²) in [6.07, 6.45) is 3.33. The van der Waals surface area contributed by atoms with Crippen molar-refractivity contribution in [2.24, 2.45) is 5.92 Å². The third kappa shape index (κ3) is 4.45. The Balaban J connectivity index is 3.14. The Bertz CT molecular complexity index is 425. The van der Waals surface area contributed by atoms with Gasteiger partial charge in [0.25, 0.3) is 0 Å². The van der Waals surface area contributed by atoms with Crippen LogP contribution in [0.4, 0.5) is 4.39 Å². The summed E-state index contributed by atoms with van der Waals surface area (Å²) < 4.78 is 19.5. The van der Waals surface area contributed by atoms with Gasteiger partial charge in [-0.25, -0.2) is 4.39 Å². The van der Waals surface area contributed by atoms with Crippen LogP contribution in [0.3, 0.4) is 0 Å². The molecular weight excluding hydrogens is 321 g/mol. The predicted molar refractivity (Wildman–Crippen MR) is 85.8 cm³/mol. The van der Waals surface area contributed by atoms with Gasteiger partial charge in [0.15, 0.2) is 0 Å². The van der Waals surface area contributed by atoms with Gasteiger partial charge in [0, 0.05) is 17.7 Å². The van der Waals surface area contributed by atoms with Crippen molar-refractivity contribution < 1.29 is 9.13 Å². The third-order valence-corrected chi connectivity index (χ3v) is 4.14. The molecule has 2 unspecified atom stereocenters. The van der Waals surface area contributed by atoms with Gasteiger partial charge in [-0.15, -0.1) is 0 Å². The van der Waals surface area contributed by atoms with Gasteiger partial charge in [-0.3, -0.25) is 0 Å². The summed E-state index contributed by atoms with van der Waals surface area (Å²) in [5.41, 5.74) is 1.02. The van der Waals surface area contributed by atoms with E-state index in [1.54, 1.807) is 7.11 Å². The highest BCUT2D eigenvalue weighted by Gasteiger charge is 2.23. The third-order valence-electron chi connectivity index (χ3n) is 3.53. The molecule has 0 fully saturated rings. The lowest BCUT2D eigenvalue weighted by Gasteiger charge is -2.27. The Morgan fingerprint density at radius 3 is 2.55 bits per heavy atom. The highest BCUT2D eigenvalue weighted by Crippen LogP contribution is 2.35. The van der Waals surface area contributed by atoms with Gasteiger partial charge in [-0.1, -0.05) is 27.2 Å². The molecule has 0 saturated heterocycles. The van der Waals surface area contributed by atoms with E-state index < -0.39 is 0 Å². The number of rotatable bonds is 8. The maximum Gasteiger partial charge on any atom is 0.141 e. The minimum absolute atomic E-state index is 0.182. The molecule has 0 aliphatic carbocycles. The fraction of sp³-hybridized carbons (Fsp3) is 0.625. The van der Waals surface area contributed by atoms with E-state index in [9.17, 15) is 4.39 Å². The standard InChI is InChI=1S/C16H25BrFNO/c1-5-7-11(3)16(19-8-6-2)12-9-13(17)14(18)10-15(12)20-4/h9-11,16,19H,5-8H2,1-4H3. The van der Waals surface area contributed by atoms with Gasteiger partial charge in [-0.2, -0.15) is 0 Å². The normalized spacial score (nSPS) is 14.1. The molecule has 0 saturated carbocycles. The highest BCUT2D eigenvalue weighted by molar-refractivity contribution is 9.10. The molecule has 2 atom stereocenters. The minimum Gasteiger partial charge on any atom is -0.496 e. The summed E-state index contributed by atoms with van der Waals surface area (Å²) in [6.45, 7) is 7.50. The number of nitrogens with one attached hydrogen (secondary N) is 1. The zero-order chi connectivity index (χ0) is 15.1. The maximum atomic E-state index is 13.7. The summed E-state index contributed by atoms with van der Waals surface area (Å²) in [7, 11) is 1.59. The van der Waals surface area contributed by atoms with Crippen LogP contribution < -0.4 is 10.1 Å². The molecule has 20 heavy (non-hydrogen) atoms. The van der Waals surface area contributed by atoms with E-state index >= 15 is 0 Å². The van der Waals surface area contributed by atoms with Crippen LogP contribution in [0.1, 0.15) is 51.6 Å². The summed E-state index contributed by atoms with van der Waals surface area (Å²) in [6, 6.07) is 3.48. The van der Waals surface area contributed by atoms with Crippen LogP contribution in [0.15, 0.2) is 16.6 Å². The van der Waals surface area contributed by atoms with Crippen LogP contribution in [0, 0.1) is 11.7 Å². The first-order chi connectivity index (χ1) is 9.54. The molecule has 1 aromatic rings. The Kier molecular flexibility index (Phi) is 7.52. The number of hydrogen-bond acceptors (Lipinski definition) is 2. The van der Waals surface area contributed by atoms with Crippen molar-refractivity contribution in [3.05, 3.63) is 28.0 Å². The van der Waals surface area contributed by atoms with Crippen LogP contribution >= 0.6 is 15.9 Å². The fourth-order valence-corrected chi connectivity index (χ4v) is 2.86. The lowest BCUT2D eigenvalue weighted by Crippen LogP contribution is -2.28. The SMILES string of the molecule is CCCNC(c1cc(Br)c(F)cc1OC)C(C)CCC. The lowest BCUT2D eigenvalue weighted by atomic mass is 9.90. The Labute approximate surface area is 130 Å². The van der Waals surface area contributed by atoms with Crippen LogP contribution in [-0.4, -0.2) is 13.7 Å². The largest absolute Gasteiger partial charge is 0.496 e. The van der Waals surface area contributed by atoms with Crippen LogP contribution in [0.2, 0.25) is 0 Å². The van der Waals surface area contributed by atoms with E-state index in [1.165, 1.54) is 6.07 Å². The van der Waals surface area contributed by atoms with E-state index in [1.807, 2.05) is 6.07 Å². The number of hydrogen-bond donors (Lipinski definition) is 1. The smallest absolute Gasteiger partial charge is 0.141 e. The van der Waals surface area contributed by atoms with Crippen LogP contribution in [0.25, 0.3) is 0 Å². The first-order valence-corrected chi connectivity index (χ1v) is 8.10. The van der Waals surface area contributed by atoms with Crippen LogP contribution in [-0.2, 0) is 0 Å². The van der Waals surface area contributed by atoms with E-state index in [-0.39, 0.29) is 11.9 Å². The van der Waals surface area contributed by atoms with Crippen molar-refractivity contribution >= 4 is 15.9 Å². The molecule has 4 heteroatoms. The second-order valence-corrected chi connectivity index (χ2v) is 6.06. The topological polar surface area (TPSA) is 21.3 Å². The van der Waals surface area contributed by atoms with Gasteiger partial charge in [-0.05, 0) is 47.3 Å². The zero-order valence-corrected chi connectivity index (χ0v) is 14.4. The van der Waals surface area contributed by atoms with Crippen molar-refractivity contribution in [1.29, 1.82) is 0 Å². The van der Waals surface area contributed by atoms with Crippen molar-refractivity contribution in [3.8, 4) is 5.75 Å². The first kappa shape index (κ1) is 17.4. The lowest BCUT2D eigenvalue weighted by molar-refractivity contribution is 0.341. The Morgan fingerprint density at radius 2 is 2.00 bits per heavy atom. The predicted octanol–water partition coefficient (Wildman–Crippen LogP) is 5.07. The molecule has 0 aliphatic heterocycles. The van der Waals surface area contributed by atoms with Gasteiger partial charge in [0.05, 0.1) is 11.6 Å². The maximum absolute atomic E-state index is 13.7. The summed E-state index contributed by atoms with van der Waals surface area (Å²) in [5.74, 6) is 0.794. The molecule has 0 amide bonds. The average molecular weight is 346 g/mol. The molecule has 1 N–H and O–H groups in total. The van der Waals surface area contributed by atoms with Gasteiger partial charge >= 0.3 is 0 Å². The summed E-state index contributed by atoms with van der Waals surface area (Å²) >= 11 is 3.28. The number of halogens is 2. The van der Waals surface area contributed by atoms with E-state index in [0.29, 0.717) is 16.1 Å². The zero-order valence-electron chi connectivity index (χ0n) is 12.8.